The number of unbranched alkanes of at least 4 members (excludes halogenated alkanes) is 38. The van der Waals surface area contributed by atoms with E-state index in [1.165, 1.54) is 225 Å². The van der Waals surface area contributed by atoms with Crippen LogP contribution < -0.4 is 0 Å². The minimum Gasteiger partial charge on any atom is -0.462 e. The van der Waals surface area contributed by atoms with E-state index in [9.17, 15) is 14.4 Å². The highest BCUT2D eigenvalue weighted by Gasteiger charge is 2.19. The molecule has 0 bridgehead atoms. The van der Waals surface area contributed by atoms with E-state index in [1.807, 2.05) is 0 Å². The molecule has 0 saturated carbocycles. The van der Waals surface area contributed by atoms with Gasteiger partial charge in [-0.15, -0.1) is 0 Å². The summed E-state index contributed by atoms with van der Waals surface area (Å²) in [6.07, 6.45) is 56.6. The van der Waals surface area contributed by atoms with Gasteiger partial charge in [0, 0.05) is 19.3 Å². The minimum absolute atomic E-state index is 0.0624. The van der Waals surface area contributed by atoms with Crippen molar-refractivity contribution in [2.45, 2.75) is 343 Å². The summed E-state index contributed by atoms with van der Waals surface area (Å²) in [7, 11) is 0. The molecule has 6 nitrogen and oxygen atoms in total. The van der Waals surface area contributed by atoms with Gasteiger partial charge in [-0.3, -0.25) is 14.4 Å². The number of esters is 3. The Bertz CT molecular complexity index is 1010. The monoisotopic (exact) mass is 933 g/mol. The molecule has 6 heteroatoms. The standard InChI is InChI=1S/C60H116O6/c1-6-8-9-10-11-12-13-14-15-20-27-32-37-42-47-52-60(63)66-57(54-65-59(62)51-46-41-36-31-26-22-21-23-28-33-38-43-48-55(3)4)53-64-58(61)50-45-40-35-30-25-19-17-16-18-24-29-34-39-44-49-56(5)7-2/h55-57H,6-54H2,1-5H3/t56?,57-/m0/s1. The molecular weight excluding hydrogens is 817 g/mol. The number of rotatable bonds is 54. The molecule has 0 aromatic rings. The van der Waals surface area contributed by atoms with Crippen LogP contribution in [0.3, 0.4) is 0 Å². The Labute approximate surface area is 412 Å². The van der Waals surface area contributed by atoms with Crippen LogP contribution in [0.25, 0.3) is 0 Å². The van der Waals surface area contributed by atoms with Crippen molar-refractivity contribution in [1.29, 1.82) is 0 Å². The lowest BCUT2D eigenvalue weighted by Crippen LogP contribution is -2.30. The van der Waals surface area contributed by atoms with Gasteiger partial charge in [0.1, 0.15) is 13.2 Å². The fourth-order valence-electron chi connectivity index (χ4n) is 9.20. The minimum atomic E-state index is -0.763. The fraction of sp³-hybridized carbons (Fsp3) is 0.950. The second-order valence-corrected chi connectivity index (χ2v) is 21.4. The van der Waals surface area contributed by atoms with E-state index in [2.05, 4.69) is 34.6 Å². The maximum Gasteiger partial charge on any atom is 0.306 e. The van der Waals surface area contributed by atoms with Gasteiger partial charge in [-0.1, -0.05) is 298 Å². The number of ether oxygens (including phenoxy) is 3. The Morgan fingerprint density at radius 1 is 0.318 bits per heavy atom. The average molecular weight is 934 g/mol. The summed E-state index contributed by atoms with van der Waals surface area (Å²) in [5, 5.41) is 0. The average Bonchev–Trinajstić information content (AvgIpc) is 3.30. The molecule has 0 rings (SSSR count). The lowest BCUT2D eigenvalue weighted by Gasteiger charge is -2.18. The van der Waals surface area contributed by atoms with Gasteiger partial charge in [-0.05, 0) is 31.1 Å². The molecule has 0 radical (unpaired) electrons. The van der Waals surface area contributed by atoms with Crippen LogP contribution in [0.1, 0.15) is 336 Å². The Morgan fingerprint density at radius 3 is 0.864 bits per heavy atom. The fourth-order valence-corrected chi connectivity index (χ4v) is 9.20. The predicted molar refractivity (Wildman–Crippen MR) is 284 cm³/mol. The van der Waals surface area contributed by atoms with E-state index in [0.29, 0.717) is 19.3 Å². The molecule has 0 saturated heterocycles. The molecule has 0 aliphatic carbocycles. The van der Waals surface area contributed by atoms with E-state index in [4.69, 9.17) is 14.2 Å². The van der Waals surface area contributed by atoms with Crippen molar-refractivity contribution < 1.29 is 28.6 Å². The third-order valence-corrected chi connectivity index (χ3v) is 14.1. The second kappa shape index (κ2) is 52.8. The molecule has 2 atom stereocenters. The summed E-state index contributed by atoms with van der Waals surface area (Å²) >= 11 is 0. The van der Waals surface area contributed by atoms with Crippen molar-refractivity contribution in [2.24, 2.45) is 11.8 Å². The molecule has 0 aromatic heterocycles. The van der Waals surface area contributed by atoms with Crippen LogP contribution in [-0.4, -0.2) is 37.2 Å². The van der Waals surface area contributed by atoms with Crippen molar-refractivity contribution in [3.63, 3.8) is 0 Å². The zero-order chi connectivity index (χ0) is 48.2. The van der Waals surface area contributed by atoms with Gasteiger partial charge >= 0.3 is 17.9 Å². The highest BCUT2D eigenvalue weighted by Crippen LogP contribution is 2.19. The highest BCUT2D eigenvalue weighted by molar-refractivity contribution is 5.71. The van der Waals surface area contributed by atoms with Crippen LogP contribution >= 0.6 is 0 Å². The molecular formula is C60H116O6. The van der Waals surface area contributed by atoms with E-state index in [-0.39, 0.29) is 31.1 Å². The van der Waals surface area contributed by atoms with Crippen LogP contribution in [0.5, 0.6) is 0 Å². The summed E-state index contributed by atoms with van der Waals surface area (Å²) in [5.41, 5.74) is 0. The molecule has 0 fully saturated rings. The molecule has 0 amide bonds. The summed E-state index contributed by atoms with van der Waals surface area (Å²) in [6.45, 7) is 11.5. The lowest BCUT2D eigenvalue weighted by atomic mass is 9.99. The molecule has 1 unspecified atom stereocenters. The molecule has 392 valence electrons. The topological polar surface area (TPSA) is 78.9 Å². The Hall–Kier alpha value is -1.59. The van der Waals surface area contributed by atoms with Gasteiger partial charge in [-0.25, -0.2) is 0 Å². The molecule has 66 heavy (non-hydrogen) atoms. The van der Waals surface area contributed by atoms with Crippen LogP contribution in [0, 0.1) is 11.8 Å². The van der Waals surface area contributed by atoms with Gasteiger partial charge < -0.3 is 14.2 Å². The Balaban J connectivity index is 4.30. The SMILES string of the molecule is CCCCCCCCCCCCCCCCCC(=O)O[C@@H](COC(=O)CCCCCCCCCCCCCCCCC(C)CC)COC(=O)CCCCCCCCCCCCCCC(C)C. The highest BCUT2D eigenvalue weighted by atomic mass is 16.6. The normalized spacial score (nSPS) is 12.5. The van der Waals surface area contributed by atoms with E-state index >= 15 is 0 Å². The Morgan fingerprint density at radius 2 is 0.576 bits per heavy atom. The van der Waals surface area contributed by atoms with E-state index < -0.39 is 6.10 Å². The van der Waals surface area contributed by atoms with Gasteiger partial charge in [0.2, 0.25) is 0 Å². The van der Waals surface area contributed by atoms with Gasteiger partial charge in [-0.2, -0.15) is 0 Å². The molecule has 0 heterocycles. The van der Waals surface area contributed by atoms with Crippen molar-refractivity contribution in [2.75, 3.05) is 13.2 Å². The number of carbonyl (C=O) groups is 3. The van der Waals surface area contributed by atoms with Crippen molar-refractivity contribution in [3.05, 3.63) is 0 Å². The zero-order valence-corrected chi connectivity index (χ0v) is 45.3. The van der Waals surface area contributed by atoms with E-state index in [1.54, 1.807) is 0 Å². The second-order valence-electron chi connectivity index (χ2n) is 21.4. The summed E-state index contributed by atoms with van der Waals surface area (Å²) in [5.74, 6) is 0.893. The largest absolute Gasteiger partial charge is 0.462 e. The zero-order valence-electron chi connectivity index (χ0n) is 45.3. The first-order valence-corrected chi connectivity index (χ1v) is 29.8. The molecule has 0 N–H and O–H groups in total. The molecule has 0 aromatic carbocycles. The van der Waals surface area contributed by atoms with Crippen LogP contribution in [0.2, 0.25) is 0 Å². The quantitative estimate of drug-likeness (QED) is 0.0343. The number of carbonyl (C=O) groups excluding carboxylic acids is 3. The van der Waals surface area contributed by atoms with E-state index in [0.717, 1.165) is 69.6 Å². The van der Waals surface area contributed by atoms with Crippen molar-refractivity contribution in [3.8, 4) is 0 Å². The third-order valence-electron chi connectivity index (χ3n) is 14.1. The molecule has 0 spiro atoms. The Kier molecular flexibility index (Phi) is 51.5. The lowest BCUT2D eigenvalue weighted by molar-refractivity contribution is -0.167. The van der Waals surface area contributed by atoms with Crippen molar-refractivity contribution in [1.82, 2.24) is 0 Å². The summed E-state index contributed by atoms with van der Waals surface area (Å²) < 4.78 is 16.9. The van der Waals surface area contributed by atoms with Gasteiger partial charge in [0.15, 0.2) is 6.10 Å². The molecule has 0 aliphatic heterocycles. The smallest absolute Gasteiger partial charge is 0.306 e. The first kappa shape index (κ1) is 64.4. The summed E-state index contributed by atoms with van der Waals surface area (Å²) in [4.78, 5) is 38.2. The molecule has 0 aliphatic rings. The van der Waals surface area contributed by atoms with Crippen molar-refractivity contribution >= 4 is 17.9 Å². The van der Waals surface area contributed by atoms with Crippen LogP contribution in [0.4, 0.5) is 0 Å². The maximum atomic E-state index is 12.9. The maximum absolute atomic E-state index is 12.9. The third kappa shape index (κ3) is 51.8. The first-order chi connectivity index (χ1) is 32.3. The summed E-state index contributed by atoms with van der Waals surface area (Å²) in [6, 6.07) is 0. The van der Waals surface area contributed by atoms with Crippen LogP contribution in [-0.2, 0) is 28.6 Å². The van der Waals surface area contributed by atoms with Crippen LogP contribution in [0.15, 0.2) is 0 Å². The van der Waals surface area contributed by atoms with Gasteiger partial charge in [0.25, 0.3) is 0 Å². The predicted octanol–water partition coefficient (Wildman–Crippen LogP) is 19.7. The van der Waals surface area contributed by atoms with Gasteiger partial charge in [0.05, 0.1) is 0 Å². The number of hydrogen-bond donors (Lipinski definition) is 0. The number of hydrogen-bond acceptors (Lipinski definition) is 6. The first-order valence-electron chi connectivity index (χ1n) is 29.8.